The van der Waals surface area contributed by atoms with Gasteiger partial charge in [0.25, 0.3) is 0 Å². The molecule has 0 aliphatic heterocycles. The van der Waals surface area contributed by atoms with Gasteiger partial charge in [0.1, 0.15) is 35.8 Å². The Hall–Kier alpha value is -3.85. The molecule has 0 saturated heterocycles. The molecule has 2 N–H and O–H groups in total. The van der Waals surface area contributed by atoms with Gasteiger partial charge in [-0.3, -0.25) is 14.6 Å². The highest BCUT2D eigenvalue weighted by atomic mass is 35.5. The number of hydrogen-bond acceptors (Lipinski definition) is 7. The molecule has 284 valence electrons. The highest BCUT2D eigenvalue weighted by Gasteiger charge is 2.31. The number of carbonyl (C=O) groups is 1. The second-order valence-corrected chi connectivity index (χ2v) is 14.3. The largest absolute Gasteiger partial charge is 0.495 e. The van der Waals surface area contributed by atoms with Gasteiger partial charge in [0.05, 0.1) is 43.3 Å². The zero-order chi connectivity index (χ0) is 39.0. The van der Waals surface area contributed by atoms with Crippen LogP contribution in [-0.4, -0.2) is 61.5 Å². The number of ether oxygens (including phenoxy) is 1. The van der Waals surface area contributed by atoms with E-state index in [1.165, 1.54) is 48.3 Å². The number of benzene rings is 3. The number of aliphatic carboxylic acids is 1. The summed E-state index contributed by atoms with van der Waals surface area (Å²) < 4.78 is 41.0. The number of hydrazine groups is 1. The maximum atomic E-state index is 15.8. The summed E-state index contributed by atoms with van der Waals surface area (Å²) in [5.41, 5.74) is 1.82. The topological polar surface area (TPSA) is 99.9 Å². The van der Waals surface area contributed by atoms with Crippen molar-refractivity contribution in [3.05, 3.63) is 118 Å². The summed E-state index contributed by atoms with van der Waals surface area (Å²) in [6.45, 7) is 6.21. The Labute approximate surface area is 327 Å². The molecule has 16 heteroatoms. The van der Waals surface area contributed by atoms with E-state index >= 15 is 4.39 Å². The van der Waals surface area contributed by atoms with E-state index < -0.39 is 29.1 Å². The number of alkyl halides is 1. The smallest absolute Gasteiger partial charge is 0.322 e. The standard InChI is InChI=1S/C36H38Cl2F2N6O4S.CH3Cl/c1-23(34(47)48)44(14-6-13-43-16-15-42(4)22-43)46(49)27-18-30(38)28(31(40)19-27)21-51-35-41-20-33(45(35)26-10-8-25(39)9-11-26)36(2,3)24-7-12-29(37)32(17-24)50-5;1-2/h7-12,15-20,22-23,49H,6,13-14,21H2,1-5H3;1H3/p+1. The molecule has 0 aliphatic rings. The number of aromatic nitrogens is 4. The number of halogens is 5. The number of carboxylic acids is 1. The molecule has 3 aromatic carbocycles. The van der Waals surface area contributed by atoms with Gasteiger partial charge in [-0.05, 0) is 61.4 Å². The van der Waals surface area contributed by atoms with E-state index in [0.717, 1.165) is 17.3 Å². The molecule has 1 unspecified atom stereocenters. The summed E-state index contributed by atoms with van der Waals surface area (Å²) in [5, 5.41) is 23.8. The van der Waals surface area contributed by atoms with Gasteiger partial charge in [-0.2, -0.15) is 10.2 Å². The third kappa shape index (κ3) is 9.83. The molecule has 0 radical (unpaired) electrons. The molecule has 5 rings (SSSR count). The van der Waals surface area contributed by atoms with Crippen LogP contribution >= 0.6 is 46.6 Å². The van der Waals surface area contributed by atoms with E-state index in [0.29, 0.717) is 39.8 Å². The summed E-state index contributed by atoms with van der Waals surface area (Å²) in [7, 11) is 3.44. The first-order valence-electron chi connectivity index (χ1n) is 16.4. The van der Waals surface area contributed by atoms with Crippen LogP contribution < -0.4 is 14.5 Å². The number of imidazole rings is 2. The fourth-order valence-corrected chi connectivity index (χ4v) is 7.24. The maximum Gasteiger partial charge on any atom is 0.322 e. The number of thioether (sulfide) groups is 1. The Bertz CT molecular complexity index is 1990. The summed E-state index contributed by atoms with van der Waals surface area (Å²) >= 11 is 18.8. The average Bonchev–Trinajstić information content (AvgIpc) is 3.76. The number of methoxy groups -OCH3 is 1. The lowest BCUT2D eigenvalue weighted by molar-refractivity contribution is -0.671. The molecule has 2 aromatic heterocycles. The lowest BCUT2D eigenvalue weighted by atomic mass is 9.81. The van der Waals surface area contributed by atoms with E-state index in [-0.39, 0.29) is 28.6 Å². The van der Waals surface area contributed by atoms with Crippen LogP contribution in [0.25, 0.3) is 5.69 Å². The van der Waals surface area contributed by atoms with Crippen LogP contribution in [0, 0.1) is 11.6 Å². The van der Waals surface area contributed by atoms with Crippen molar-refractivity contribution in [1.29, 1.82) is 0 Å². The van der Waals surface area contributed by atoms with Crippen molar-refractivity contribution in [1.82, 2.24) is 19.1 Å². The van der Waals surface area contributed by atoms with Crippen molar-refractivity contribution in [2.45, 2.75) is 56.1 Å². The maximum absolute atomic E-state index is 15.8. The van der Waals surface area contributed by atoms with Crippen molar-refractivity contribution < 1.29 is 33.2 Å². The van der Waals surface area contributed by atoms with Crippen LogP contribution in [0.4, 0.5) is 14.5 Å². The number of rotatable bonds is 15. The number of hydrogen-bond donors (Lipinski definition) is 2. The van der Waals surface area contributed by atoms with E-state index in [1.54, 1.807) is 31.5 Å². The molecular formula is C37H42Cl3F2N6O4S+. The van der Waals surface area contributed by atoms with E-state index in [1.807, 2.05) is 65.5 Å². The van der Waals surface area contributed by atoms with Crippen molar-refractivity contribution in [3.8, 4) is 11.4 Å². The van der Waals surface area contributed by atoms with Gasteiger partial charge in [0.15, 0.2) is 5.16 Å². The molecule has 1 atom stereocenters. The summed E-state index contributed by atoms with van der Waals surface area (Å²) in [5.74, 6) is -1.66. The molecular weight excluding hydrogens is 769 g/mol. The Balaban J connectivity index is 0.00000308. The van der Waals surface area contributed by atoms with E-state index in [4.69, 9.17) is 32.9 Å². The Kier molecular flexibility index (Phi) is 14.6. The number of carboxylic acid groups (broad SMARTS) is 1. The molecule has 0 bridgehead atoms. The van der Waals surface area contributed by atoms with Crippen LogP contribution in [0.2, 0.25) is 10.0 Å². The van der Waals surface area contributed by atoms with Crippen LogP contribution in [0.5, 0.6) is 5.75 Å². The lowest BCUT2D eigenvalue weighted by Crippen LogP contribution is -2.50. The van der Waals surface area contributed by atoms with Gasteiger partial charge in [-0.15, -0.1) is 11.6 Å². The highest BCUT2D eigenvalue weighted by Crippen LogP contribution is 2.40. The number of anilines is 1. The SMILES string of the molecule is CCl.COc1cc(C(C)(C)c2cnc(SCc3c(F)cc(N(O)N(CCCn4cc[n+](C)c4)C(C)C(=O)O)cc3Cl)n2-c2ccc(F)cc2)ccc1Cl. The molecule has 2 heterocycles. The molecule has 0 saturated carbocycles. The van der Waals surface area contributed by atoms with E-state index in [9.17, 15) is 19.5 Å². The third-order valence-corrected chi connectivity index (χ3v) is 10.3. The Morgan fingerprint density at radius 2 is 1.79 bits per heavy atom. The van der Waals surface area contributed by atoms with Crippen molar-refractivity contribution in [2.24, 2.45) is 7.05 Å². The van der Waals surface area contributed by atoms with Crippen molar-refractivity contribution >= 4 is 58.2 Å². The van der Waals surface area contributed by atoms with Gasteiger partial charge in [0.2, 0.25) is 6.33 Å². The van der Waals surface area contributed by atoms with Gasteiger partial charge in [0, 0.05) is 46.4 Å². The average molecular weight is 811 g/mol. The second-order valence-electron chi connectivity index (χ2n) is 12.5. The molecule has 10 nitrogen and oxygen atoms in total. The lowest BCUT2D eigenvalue weighted by Gasteiger charge is -2.34. The predicted octanol–water partition coefficient (Wildman–Crippen LogP) is 8.54. The predicted molar refractivity (Wildman–Crippen MR) is 205 cm³/mol. The summed E-state index contributed by atoms with van der Waals surface area (Å²) in [4.78, 5) is 16.6. The van der Waals surface area contributed by atoms with Gasteiger partial charge in [-0.25, -0.2) is 22.9 Å². The summed E-state index contributed by atoms with van der Waals surface area (Å²) in [6.07, 6.45) is 9.36. The zero-order valence-corrected chi connectivity index (χ0v) is 33.2. The minimum atomic E-state index is -1.16. The normalized spacial score (nSPS) is 12.0. The van der Waals surface area contributed by atoms with Crippen LogP contribution in [0.1, 0.15) is 44.0 Å². The van der Waals surface area contributed by atoms with Crippen LogP contribution in [0.15, 0.2) is 84.7 Å². The van der Waals surface area contributed by atoms with Gasteiger partial charge in [-0.1, -0.05) is 54.9 Å². The van der Waals surface area contributed by atoms with E-state index in [2.05, 4.69) is 11.6 Å². The van der Waals surface area contributed by atoms with Crippen LogP contribution in [-0.2, 0) is 29.6 Å². The van der Waals surface area contributed by atoms with Crippen molar-refractivity contribution in [2.75, 3.05) is 25.2 Å². The first-order valence-corrected chi connectivity index (χ1v) is 18.9. The molecule has 0 amide bonds. The second kappa shape index (κ2) is 18.5. The van der Waals surface area contributed by atoms with Crippen LogP contribution in [0.3, 0.4) is 0 Å². The van der Waals surface area contributed by atoms with Gasteiger partial charge < -0.3 is 9.84 Å². The minimum Gasteiger partial charge on any atom is -0.495 e. The molecule has 0 fully saturated rings. The molecule has 0 spiro atoms. The zero-order valence-electron chi connectivity index (χ0n) is 30.1. The quantitative estimate of drug-likeness (QED) is 0.0470. The first-order chi connectivity index (χ1) is 25.2. The fraction of sp³-hybridized carbons (Fsp3) is 0.324. The monoisotopic (exact) mass is 809 g/mol. The molecule has 5 aromatic rings. The Morgan fingerprint density at radius 3 is 2.40 bits per heavy atom. The summed E-state index contributed by atoms with van der Waals surface area (Å²) in [6, 6.07) is 12.9. The molecule has 0 aliphatic carbocycles. The number of aryl methyl sites for hydroxylation is 2. The third-order valence-electron chi connectivity index (χ3n) is 8.70. The minimum absolute atomic E-state index is 0.0260. The Morgan fingerprint density at radius 1 is 1.09 bits per heavy atom. The van der Waals surface area contributed by atoms with Crippen molar-refractivity contribution in [3.63, 3.8) is 0 Å². The highest BCUT2D eigenvalue weighted by molar-refractivity contribution is 7.98. The first kappa shape index (κ1) is 41.9. The van der Waals surface area contributed by atoms with Gasteiger partial charge >= 0.3 is 5.97 Å². The fourth-order valence-electron chi connectivity index (χ4n) is 5.67. The molecule has 53 heavy (non-hydrogen) atoms. The number of nitrogens with zero attached hydrogens (tertiary/aromatic N) is 6.